The summed E-state index contributed by atoms with van der Waals surface area (Å²) in [5.74, 6) is -0.407. The Morgan fingerprint density at radius 2 is 1.70 bits per heavy atom. The predicted octanol–water partition coefficient (Wildman–Crippen LogP) is 3.79. The molecule has 3 rings (SSSR count). The predicted molar refractivity (Wildman–Crippen MR) is 97.8 cm³/mol. The molecule has 0 unspecified atom stereocenters. The second kappa shape index (κ2) is 8.59. The quantitative estimate of drug-likeness (QED) is 0.667. The van der Waals surface area contributed by atoms with Crippen LogP contribution in [0.15, 0.2) is 47.8 Å². The maximum Gasteiger partial charge on any atom is 0.257 e. The van der Waals surface area contributed by atoms with Crippen molar-refractivity contribution >= 4 is 17.2 Å². The van der Waals surface area contributed by atoms with Gasteiger partial charge >= 0.3 is 0 Å². The number of hydrogen-bond donors (Lipinski definition) is 1. The zero-order valence-corrected chi connectivity index (χ0v) is 15.2. The van der Waals surface area contributed by atoms with Gasteiger partial charge in [0.25, 0.3) is 5.91 Å². The standard InChI is InChI=1S/C19H16F2N2O3S/c1-22-17(24)9-25-12-5-7-13(8-6-12)26-10-18-23-16(11-27-18)19-14(20)3-2-4-15(19)21/h2-8,11H,9-10H2,1H3,(H,22,24). The molecule has 27 heavy (non-hydrogen) atoms. The van der Waals surface area contributed by atoms with E-state index in [2.05, 4.69) is 10.3 Å². The Kier molecular flexibility index (Phi) is 5.97. The molecular formula is C19H16F2N2O3S. The van der Waals surface area contributed by atoms with Crippen LogP contribution in [0.2, 0.25) is 0 Å². The van der Waals surface area contributed by atoms with Crippen LogP contribution in [-0.2, 0) is 11.4 Å². The number of carbonyl (C=O) groups is 1. The highest BCUT2D eigenvalue weighted by atomic mass is 32.1. The Morgan fingerprint density at radius 1 is 1.07 bits per heavy atom. The minimum atomic E-state index is -0.653. The Bertz CT molecular complexity index is 909. The van der Waals surface area contributed by atoms with Crippen molar-refractivity contribution < 1.29 is 23.0 Å². The van der Waals surface area contributed by atoms with Crippen LogP contribution in [0.25, 0.3) is 11.3 Å². The van der Waals surface area contributed by atoms with Gasteiger partial charge in [0.2, 0.25) is 0 Å². The van der Waals surface area contributed by atoms with Crippen molar-refractivity contribution in [2.75, 3.05) is 13.7 Å². The lowest BCUT2D eigenvalue weighted by Crippen LogP contribution is -2.24. The SMILES string of the molecule is CNC(=O)COc1ccc(OCc2nc(-c3c(F)cccc3F)cs2)cc1. The lowest BCUT2D eigenvalue weighted by molar-refractivity contribution is -0.122. The van der Waals surface area contributed by atoms with Gasteiger partial charge < -0.3 is 14.8 Å². The van der Waals surface area contributed by atoms with E-state index in [0.29, 0.717) is 16.5 Å². The zero-order chi connectivity index (χ0) is 19.2. The van der Waals surface area contributed by atoms with Gasteiger partial charge in [0.15, 0.2) is 6.61 Å². The lowest BCUT2D eigenvalue weighted by Gasteiger charge is -2.07. The Balaban J connectivity index is 1.59. The van der Waals surface area contributed by atoms with E-state index in [-0.39, 0.29) is 30.4 Å². The van der Waals surface area contributed by atoms with Gasteiger partial charge in [-0.2, -0.15) is 0 Å². The van der Waals surface area contributed by atoms with Crippen LogP contribution in [0.5, 0.6) is 11.5 Å². The van der Waals surface area contributed by atoms with Crippen molar-refractivity contribution in [3.05, 3.63) is 64.5 Å². The first-order valence-electron chi connectivity index (χ1n) is 8.02. The number of nitrogens with one attached hydrogen (secondary N) is 1. The minimum absolute atomic E-state index is 0.0643. The molecule has 8 heteroatoms. The fourth-order valence-electron chi connectivity index (χ4n) is 2.23. The summed E-state index contributed by atoms with van der Waals surface area (Å²) in [7, 11) is 1.53. The number of nitrogens with zero attached hydrogens (tertiary/aromatic N) is 1. The third kappa shape index (κ3) is 4.79. The molecule has 1 N–H and O–H groups in total. The number of benzene rings is 2. The molecule has 0 saturated heterocycles. The normalized spacial score (nSPS) is 10.5. The monoisotopic (exact) mass is 390 g/mol. The number of likely N-dealkylation sites (N-methyl/N-ethyl adjacent to an activating group) is 1. The molecule has 0 atom stereocenters. The third-order valence-electron chi connectivity index (χ3n) is 3.61. The van der Waals surface area contributed by atoms with E-state index < -0.39 is 11.6 Å². The van der Waals surface area contributed by atoms with Crippen LogP contribution in [0.3, 0.4) is 0 Å². The van der Waals surface area contributed by atoms with Gasteiger partial charge in [-0.3, -0.25) is 4.79 Å². The molecule has 1 amide bonds. The van der Waals surface area contributed by atoms with Crippen LogP contribution in [0.4, 0.5) is 8.78 Å². The minimum Gasteiger partial charge on any atom is -0.486 e. The van der Waals surface area contributed by atoms with E-state index in [1.165, 1.54) is 36.6 Å². The Hall–Kier alpha value is -3.00. The summed E-state index contributed by atoms with van der Waals surface area (Å²) in [5, 5.41) is 4.65. The molecule has 0 spiro atoms. The van der Waals surface area contributed by atoms with Gasteiger partial charge in [0.05, 0.1) is 11.3 Å². The number of carbonyl (C=O) groups excluding carboxylic acids is 1. The first-order valence-corrected chi connectivity index (χ1v) is 8.90. The molecule has 0 bridgehead atoms. The smallest absolute Gasteiger partial charge is 0.257 e. The first-order chi connectivity index (χ1) is 13.1. The second-order valence-electron chi connectivity index (χ2n) is 5.45. The van der Waals surface area contributed by atoms with Crippen molar-refractivity contribution in [1.29, 1.82) is 0 Å². The van der Waals surface area contributed by atoms with Crippen LogP contribution in [0, 0.1) is 11.6 Å². The van der Waals surface area contributed by atoms with Crippen LogP contribution in [0.1, 0.15) is 5.01 Å². The number of ether oxygens (including phenoxy) is 2. The van der Waals surface area contributed by atoms with Crippen molar-refractivity contribution in [2.45, 2.75) is 6.61 Å². The highest BCUT2D eigenvalue weighted by Crippen LogP contribution is 2.28. The number of thiazole rings is 1. The van der Waals surface area contributed by atoms with Gasteiger partial charge in [-0.05, 0) is 36.4 Å². The molecule has 0 fully saturated rings. The van der Waals surface area contributed by atoms with Gasteiger partial charge in [-0.15, -0.1) is 11.3 Å². The topological polar surface area (TPSA) is 60.5 Å². The molecule has 0 radical (unpaired) electrons. The van der Waals surface area contributed by atoms with E-state index in [1.807, 2.05) is 0 Å². The first kappa shape index (κ1) is 18.8. The average molecular weight is 390 g/mol. The largest absolute Gasteiger partial charge is 0.486 e. The highest BCUT2D eigenvalue weighted by molar-refractivity contribution is 7.09. The summed E-state index contributed by atoms with van der Waals surface area (Å²) in [5.41, 5.74) is 0.102. The van der Waals surface area contributed by atoms with Gasteiger partial charge in [-0.25, -0.2) is 13.8 Å². The van der Waals surface area contributed by atoms with Crippen LogP contribution in [-0.4, -0.2) is 24.5 Å². The number of amides is 1. The molecule has 0 aliphatic carbocycles. The summed E-state index contributed by atoms with van der Waals surface area (Å²) in [6, 6.07) is 10.5. The van der Waals surface area contributed by atoms with E-state index in [1.54, 1.807) is 29.6 Å². The second-order valence-corrected chi connectivity index (χ2v) is 6.39. The molecule has 2 aromatic carbocycles. The van der Waals surface area contributed by atoms with Crippen molar-refractivity contribution in [1.82, 2.24) is 10.3 Å². The maximum atomic E-state index is 13.8. The van der Waals surface area contributed by atoms with Crippen molar-refractivity contribution in [3.8, 4) is 22.8 Å². The highest BCUT2D eigenvalue weighted by Gasteiger charge is 2.14. The Labute approximate surface area is 158 Å². The van der Waals surface area contributed by atoms with Gasteiger partial charge in [-0.1, -0.05) is 6.07 Å². The molecule has 1 aromatic heterocycles. The lowest BCUT2D eigenvalue weighted by atomic mass is 10.1. The fraction of sp³-hybridized carbons (Fsp3) is 0.158. The van der Waals surface area contributed by atoms with Crippen molar-refractivity contribution in [2.24, 2.45) is 0 Å². The van der Waals surface area contributed by atoms with E-state index in [9.17, 15) is 13.6 Å². The summed E-state index contributed by atoms with van der Waals surface area (Å²) >= 11 is 1.26. The number of rotatable bonds is 7. The third-order valence-corrected chi connectivity index (χ3v) is 4.43. The maximum absolute atomic E-state index is 13.8. The molecule has 3 aromatic rings. The van der Waals surface area contributed by atoms with Gasteiger partial charge in [0.1, 0.15) is 34.7 Å². The average Bonchev–Trinajstić information content (AvgIpc) is 3.13. The van der Waals surface area contributed by atoms with Crippen molar-refractivity contribution in [3.63, 3.8) is 0 Å². The number of aromatic nitrogens is 1. The summed E-state index contributed by atoms with van der Waals surface area (Å²) in [4.78, 5) is 15.4. The van der Waals surface area contributed by atoms with E-state index in [0.717, 1.165) is 0 Å². The summed E-state index contributed by atoms with van der Waals surface area (Å²) in [6.45, 7) is 0.102. The van der Waals surface area contributed by atoms with Crippen LogP contribution < -0.4 is 14.8 Å². The zero-order valence-electron chi connectivity index (χ0n) is 14.4. The molecule has 0 saturated carbocycles. The molecule has 5 nitrogen and oxygen atoms in total. The fourth-order valence-corrected chi connectivity index (χ4v) is 2.93. The molecular weight excluding hydrogens is 374 g/mol. The summed E-state index contributed by atoms with van der Waals surface area (Å²) < 4.78 is 38.6. The number of hydrogen-bond acceptors (Lipinski definition) is 5. The molecule has 140 valence electrons. The Morgan fingerprint density at radius 3 is 2.33 bits per heavy atom. The number of halogens is 2. The molecule has 1 heterocycles. The van der Waals surface area contributed by atoms with E-state index >= 15 is 0 Å². The van der Waals surface area contributed by atoms with E-state index in [4.69, 9.17) is 9.47 Å². The molecule has 0 aliphatic heterocycles. The van der Waals surface area contributed by atoms with Gasteiger partial charge in [0, 0.05) is 12.4 Å². The van der Waals surface area contributed by atoms with Crippen LogP contribution >= 0.6 is 11.3 Å². The summed E-state index contributed by atoms with van der Waals surface area (Å²) in [6.07, 6.45) is 0. The molecule has 0 aliphatic rings.